The molecule has 2 rings (SSSR count). The van der Waals surface area contributed by atoms with Crippen molar-refractivity contribution in [3.63, 3.8) is 0 Å². The molecule has 2 aromatic carbocycles. The molecule has 100 valence electrons. The van der Waals surface area contributed by atoms with Crippen molar-refractivity contribution in [3.8, 4) is 11.5 Å². The van der Waals surface area contributed by atoms with E-state index in [1.54, 1.807) is 25.3 Å². The molecule has 0 heterocycles. The molecule has 2 aromatic rings. The summed E-state index contributed by atoms with van der Waals surface area (Å²) in [5, 5.41) is 13.6. The molecule has 19 heavy (non-hydrogen) atoms. The second-order valence-electron chi connectivity index (χ2n) is 4.31. The van der Waals surface area contributed by atoms with E-state index in [0.29, 0.717) is 11.6 Å². The van der Waals surface area contributed by atoms with Gasteiger partial charge >= 0.3 is 0 Å². The topological polar surface area (TPSA) is 41.5 Å². The Morgan fingerprint density at radius 2 is 2.00 bits per heavy atom. The van der Waals surface area contributed by atoms with E-state index in [-0.39, 0.29) is 5.75 Å². The molecule has 0 aromatic heterocycles. The van der Waals surface area contributed by atoms with Crippen LogP contribution < -0.4 is 10.1 Å². The van der Waals surface area contributed by atoms with Gasteiger partial charge in [0.05, 0.1) is 7.11 Å². The van der Waals surface area contributed by atoms with Crippen LogP contribution in [0.1, 0.15) is 11.1 Å². The fourth-order valence-electron chi connectivity index (χ4n) is 1.88. The zero-order chi connectivity index (χ0) is 13.8. The number of benzene rings is 2. The summed E-state index contributed by atoms with van der Waals surface area (Å²) in [7, 11) is 1.65. The Kier molecular flexibility index (Phi) is 4.17. The van der Waals surface area contributed by atoms with E-state index in [9.17, 15) is 5.11 Å². The molecule has 0 aliphatic rings. The van der Waals surface area contributed by atoms with E-state index >= 15 is 0 Å². The molecule has 0 unspecified atom stereocenters. The van der Waals surface area contributed by atoms with Gasteiger partial charge in [-0.15, -0.1) is 0 Å². The van der Waals surface area contributed by atoms with Gasteiger partial charge in [0.25, 0.3) is 0 Å². The summed E-state index contributed by atoms with van der Waals surface area (Å²) in [5.74, 6) is 1.10. The Hall–Kier alpha value is -1.87. The highest BCUT2D eigenvalue weighted by Crippen LogP contribution is 2.24. The smallest absolute Gasteiger partial charge is 0.121 e. The van der Waals surface area contributed by atoms with Crippen molar-refractivity contribution in [2.45, 2.75) is 13.5 Å². The Balaban J connectivity index is 2.10. The van der Waals surface area contributed by atoms with Crippen LogP contribution in [0.2, 0.25) is 5.02 Å². The molecule has 2 N–H and O–H groups in total. The lowest BCUT2D eigenvalue weighted by Gasteiger charge is -2.11. The monoisotopic (exact) mass is 277 g/mol. The summed E-state index contributed by atoms with van der Waals surface area (Å²) in [4.78, 5) is 0. The van der Waals surface area contributed by atoms with Crippen molar-refractivity contribution in [1.82, 2.24) is 0 Å². The summed E-state index contributed by atoms with van der Waals surface area (Å²) < 4.78 is 5.21. The SMILES string of the molecule is COc1ccc(NCc2cc(Cl)ccc2O)cc1C. The van der Waals surface area contributed by atoms with Crippen molar-refractivity contribution in [2.24, 2.45) is 0 Å². The number of anilines is 1. The molecule has 0 bridgehead atoms. The number of aryl methyl sites for hydroxylation is 1. The molecule has 0 atom stereocenters. The van der Waals surface area contributed by atoms with Gasteiger partial charge in [-0.05, 0) is 48.9 Å². The fraction of sp³-hybridized carbons (Fsp3) is 0.200. The highest BCUT2D eigenvalue weighted by Gasteiger charge is 2.03. The second kappa shape index (κ2) is 5.85. The molecule has 0 aliphatic heterocycles. The Morgan fingerprint density at radius 3 is 2.68 bits per heavy atom. The normalized spacial score (nSPS) is 10.3. The number of nitrogens with one attached hydrogen (secondary N) is 1. The van der Waals surface area contributed by atoms with Gasteiger partial charge in [-0.2, -0.15) is 0 Å². The summed E-state index contributed by atoms with van der Waals surface area (Å²) in [6.07, 6.45) is 0. The van der Waals surface area contributed by atoms with Crippen molar-refractivity contribution in [1.29, 1.82) is 0 Å². The van der Waals surface area contributed by atoms with Crippen molar-refractivity contribution in [2.75, 3.05) is 12.4 Å². The number of hydrogen-bond acceptors (Lipinski definition) is 3. The van der Waals surface area contributed by atoms with Gasteiger partial charge in [0.1, 0.15) is 11.5 Å². The minimum atomic E-state index is 0.238. The first kappa shape index (κ1) is 13.6. The first-order valence-corrected chi connectivity index (χ1v) is 6.34. The lowest BCUT2D eigenvalue weighted by Crippen LogP contribution is -2.00. The first-order chi connectivity index (χ1) is 9.10. The van der Waals surface area contributed by atoms with E-state index < -0.39 is 0 Å². The lowest BCUT2D eigenvalue weighted by atomic mass is 10.1. The van der Waals surface area contributed by atoms with Crippen LogP contribution in [0.3, 0.4) is 0 Å². The van der Waals surface area contributed by atoms with Gasteiger partial charge in [0.2, 0.25) is 0 Å². The van der Waals surface area contributed by atoms with Crippen LogP contribution in [0.15, 0.2) is 36.4 Å². The predicted octanol–water partition coefficient (Wildman–Crippen LogP) is 3.97. The summed E-state index contributed by atoms with van der Waals surface area (Å²) in [6.45, 7) is 2.50. The van der Waals surface area contributed by atoms with Crippen LogP contribution in [-0.4, -0.2) is 12.2 Å². The molecule has 3 nitrogen and oxygen atoms in total. The second-order valence-corrected chi connectivity index (χ2v) is 4.75. The van der Waals surface area contributed by atoms with Crippen molar-refractivity contribution >= 4 is 17.3 Å². The van der Waals surface area contributed by atoms with Gasteiger partial charge in [-0.25, -0.2) is 0 Å². The largest absolute Gasteiger partial charge is 0.508 e. The third kappa shape index (κ3) is 3.32. The fourth-order valence-corrected chi connectivity index (χ4v) is 2.08. The van der Waals surface area contributed by atoms with Gasteiger partial charge in [0.15, 0.2) is 0 Å². The summed E-state index contributed by atoms with van der Waals surface area (Å²) in [5.41, 5.74) is 2.79. The maximum atomic E-state index is 9.73. The Morgan fingerprint density at radius 1 is 1.21 bits per heavy atom. The quantitative estimate of drug-likeness (QED) is 0.888. The summed E-state index contributed by atoms with van der Waals surface area (Å²) >= 11 is 5.91. The van der Waals surface area contributed by atoms with Crippen molar-refractivity contribution in [3.05, 3.63) is 52.5 Å². The van der Waals surface area contributed by atoms with Crippen LogP contribution in [0.5, 0.6) is 11.5 Å². The average Bonchev–Trinajstić information content (AvgIpc) is 2.40. The van der Waals surface area contributed by atoms with Crippen LogP contribution in [-0.2, 0) is 6.54 Å². The van der Waals surface area contributed by atoms with Gasteiger partial charge in [-0.3, -0.25) is 0 Å². The van der Waals surface area contributed by atoms with E-state index in [0.717, 1.165) is 22.6 Å². The minimum Gasteiger partial charge on any atom is -0.508 e. The van der Waals surface area contributed by atoms with Crippen molar-refractivity contribution < 1.29 is 9.84 Å². The van der Waals surface area contributed by atoms with E-state index in [4.69, 9.17) is 16.3 Å². The molecular formula is C15H16ClNO2. The molecule has 0 fully saturated rings. The number of phenols is 1. The predicted molar refractivity (Wildman–Crippen MR) is 78.2 cm³/mol. The highest BCUT2D eigenvalue weighted by atomic mass is 35.5. The third-order valence-corrected chi connectivity index (χ3v) is 3.15. The molecule has 4 heteroatoms. The van der Waals surface area contributed by atoms with Crippen LogP contribution in [0.4, 0.5) is 5.69 Å². The van der Waals surface area contributed by atoms with Gasteiger partial charge < -0.3 is 15.2 Å². The molecular weight excluding hydrogens is 262 g/mol. The van der Waals surface area contributed by atoms with Crippen LogP contribution >= 0.6 is 11.6 Å². The number of aromatic hydroxyl groups is 1. The van der Waals surface area contributed by atoms with E-state index in [2.05, 4.69) is 5.32 Å². The molecule has 0 radical (unpaired) electrons. The van der Waals surface area contributed by atoms with Gasteiger partial charge in [0, 0.05) is 22.8 Å². The Labute approximate surface area is 117 Å². The molecule has 0 amide bonds. The number of rotatable bonds is 4. The molecule has 0 saturated carbocycles. The van der Waals surface area contributed by atoms with E-state index in [1.807, 2.05) is 25.1 Å². The zero-order valence-corrected chi connectivity index (χ0v) is 11.7. The number of methoxy groups -OCH3 is 1. The number of halogens is 1. The maximum absolute atomic E-state index is 9.73. The number of phenolic OH excluding ortho intramolecular Hbond substituents is 1. The number of ether oxygens (including phenoxy) is 1. The first-order valence-electron chi connectivity index (χ1n) is 5.96. The molecule has 0 aliphatic carbocycles. The minimum absolute atomic E-state index is 0.238. The number of hydrogen-bond donors (Lipinski definition) is 2. The zero-order valence-electron chi connectivity index (χ0n) is 10.9. The standard InChI is InChI=1S/C15H16ClNO2/c1-10-7-13(4-6-15(10)19-2)17-9-11-8-12(16)3-5-14(11)18/h3-8,17-18H,9H2,1-2H3. The average molecular weight is 278 g/mol. The maximum Gasteiger partial charge on any atom is 0.121 e. The van der Waals surface area contributed by atoms with E-state index in [1.165, 1.54) is 0 Å². The van der Waals surface area contributed by atoms with Crippen LogP contribution in [0.25, 0.3) is 0 Å². The Bertz CT molecular complexity index is 584. The lowest BCUT2D eigenvalue weighted by molar-refractivity contribution is 0.412. The van der Waals surface area contributed by atoms with Crippen LogP contribution in [0, 0.1) is 6.92 Å². The van der Waals surface area contributed by atoms with Gasteiger partial charge in [-0.1, -0.05) is 11.6 Å². The molecule has 0 saturated heterocycles. The molecule has 0 spiro atoms. The third-order valence-electron chi connectivity index (χ3n) is 2.92. The highest BCUT2D eigenvalue weighted by molar-refractivity contribution is 6.30. The summed E-state index contributed by atoms with van der Waals surface area (Å²) in [6, 6.07) is 10.9.